The molecule has 13 heavy (non-hydrogen) atoms. The Balaban J connectivity index is 1.90. The Bertz CT molecular complexity index is 166. The third-order valence-electron chi connectivity index (χ3n) is 2.22. The van der Waals surface area contributed by atoms with E-state index < -0.39 is 0 Å². The summed E-state index contributed by atoms with van der Waals surface area (Å²) in [5, 5.41) is 9.89. The molecule has 1 aliphatic heterocycles. The fraction of sp³-hybridized carbons (Fsp3) is 0.800. The number of rotatable bonds is 6. The normalized spacial score (nSPS) is 20.8. The summed E-state index contributed by atoms with van der Waals surface area (Å²) in [7, 11) is 0. The van der Waals surface area contributed by atoms with Gasteiger partial charge in [0, 0.05) is 11.9 Å². The minimum Gasteiger partial charge on any atom is -0.358 e. The minimum absolute atomic E-state index is 0.252. The van der Waals surface area contributed by atoms with Gasteiger partial charge < -0.3 is 10.6 Å². The molecule has 0 amide bonds. The van der Waals surface area contributed by atoms with E-state index in [1.807, 2.05) is 6.20 Å². The maximum absolute atomic E-state index is 3.40. The average molecular weight is 183 g/mol. The Morgan fingerprint density at radius 1 is 1.38 bits per heavy atom. The molecule has 0 aromatic rings. The first-order chi connectivity index (χ1) is 6.33. The van der Waals surface area contributed by atoms with Gasteiger partial charge in [0.05, 0.1) is 0 Å². The van der Waals surface area contributed by atoms with Crippen molar-refractivity contribution in [3.63, 3.8) is 0 Å². The van der Waals surface area contributed by atoms with Crippen molar-refractivity contribution in [2.24, 2.45) is 0 Å². The van der Waals surface area contributed by atoms with Crippen molar-refractivity contribution < 1.29 is 0 Å². The first kappa shape index (κ1) is 10.4. The van der Waals surface area contributed by atoms with Gasteiger partial charge in [0.25, 0.3) is 0 Å². The van der Waals surface area contributed by atoms with E-state index in [9.17, 15) is 0 Å². The molecule has 0 saturated carbocycles. The van der Waals surface area contributed by atoms with Crippen LogP contribution in [0.15, 0.2) is 11.9 Å². The van der Waals surface area contributed by atoms with Gasteiger partial charge in [0.2, 0.25) is 0 Å². The molecule has 1 aliphatic rings. The Morgan fingerprint density at radius 3 is 2.85 bits per heavy atom. The molecule has 0 aromatic heterocycles. The lowest BCUT2D eigenvalue weighted by atomic mass is 10.2. The summed E-state index contributed by atoms with van der Waals surface area (Å²) in [6.07, 6.45) is 7.52. The van der Waals surface area contributed by atoms with Crippen LogP contribution in [0.5, 0.6) is 0 Å². The van der Waals surface area contributed by atoms with E-state index in [2.05, 4.69) is 29.8 Å². The zero-order chi connectivity index (χ0) is 9.52. The van der Waals surface area contributed by atoms with Crippen molar-refractivity contribution in [1.82, 2.24) is 16.0 Å². The molecule has 0 fully saturated rings. The van der Waals surface area contributed by atoms with Gasteiger partial charge >= 0.3 is 0 Å². The topological polar surface area (TPSA) is 36.1 Å². The molecule has 3 N–H and O–H groups in total. The van der Waals surface area contributed by atoms with Crippen LogP contribution in [0.25, 0.3) is 0 Å². The summed E-state index contributed by atoms with van der Waals surface area (Å²) in [4.78, 5) is 0. The van der Waals surface area contributed by atoms with Gasteiger partial charge in [-0.05, 0) is 19.9 Å². The maximum atomic E-state index is 3.40. The highest BCUT2D eigenvalue weighted by Gasteiger charge is 2.09. The Hall–Kier alpha value is -0.700. The first-order valence-corrected chi connectivity index (χ1v) is 5.25. The summed E-state index contributed by atoms with van der Waals surface area (Å²) in [5.41, 5.74) is 1.20. The molecule has 1 atom stereocenters. The van der Waals surface area contributed by atoms with E-state index >= 15 is 0 Å². The van der Waals surface area contributed by atoms with E-state index in [4.69, 9.17) is 0 Å². The van der Waals surface area contributed by atoms with Crippen LogP contribution in [0.1, 0.15) is 39.5 Å². The Kier molecular flexibility index (Phi) is 4.68. The van der Waals surface area contributed by atoms with E-state index in [0.717, 1.165) is 6.54 Å². The molecule has 0 saturated heterocycles. The van der Waals surface area contributed by atoms with Crippen molar-refractivity contribution >= 4 is 0 Å². The van der Waals surface area contributed by atoms with Gasteiger partial charge in [0.15, 0.2) is 6.29 Å². The van der Waals surface area contributed by atoms with E-state index in [1.54, 1.807) is 0 Å². The third kappa shape index (κ3) is 4.18. The predicted molar refractivity (Wildman–Crippen MR) is 56.0 cm³/mol. The largest absolute Gasteiger partial charge is 0.358 e. The molecule has 0 aromatic carbocycles. The molecule has 3 heteroatoms. The molecule has 3 nitrogen and oxygen atoms in total. The van der Waals surface area contributed by atoms with Crippen LogP contribution in [-0.4, -0.2) is 12.8 Å². The molecule has 0 radical (unpaired) electrons. The van der Waals surface area contributed by atoms with Crippen LogP contribution in [0.2, 0.25) is 0 Å². The van der Waals surface area contributed by atoms with Gasteiger partial charge in [-0.1, -0.05) is 26.2 Å². The van der Waals surface area contributed by atoms with Crippen LogP contribution in [0.3, 0.4) is 0 Å². The second kappa shape index (κ2) is 5.86. The molecular weight excluding hydrogens is 162 g/mol. The van der Waals surface area contributed by atoms with Crippen molar-refractivity contribution in [3.8, 4) is 0 Å². The lowest BCUT2D eigenvalue weighted by Crippen LogP contribution is -2.45. The fourth-order valence-electron chi connectivity index (χ4n) is 1.43. The summed E-state index contributed by atoms with van der Waals surface area (Å²) in [5.74, 6) is 0. The van der Waals surface area contributed by atoms with Crippen molar-refractivity contribution in [1.29, 1.82) is 0 Å². The molecular formula is C10H21N3. The highest BCUT2D eigenvalue weighted by Crippen LogP contribution is 1.98. The summed E-state index contributed by atoms with van der Waals surface area (Å²) in [6, 6.07) is 0. The SMILES string of the molecule is CCCCCCNC1NC=C(C)N1. The van der Waals surface area contributed by atoms with Gasteiger partial charge in [-0.15, -0.1) is 0 Å². The lowest BCUT2D eigenvalue weighted by molar-refractivity contribution is 0.439. The van der Waals surface area contributed by atoms with Crippen molar-refractivity contribution in [3.05, 3.63) is 11.9 Å². The molecule has 1 heterocycles. The standard InChI is InChI=1S/C10H21N3/c1-3-4-5-6-7-11-10-12-8-9(2)13-10/h8,10-13H,3-7H2,1-2H3. The van der Waals surface area contributed by atoms with Gasteiger partial charge in [-0.25, -0.2) is 0 Å². The average Bonchev–Trinajstić information content (AvgIpc) is 2.51. The third-order valence-corrected chi connectivity index (χ3v) is 2.22. The monoisotopic (exact) mass is 183 g/mol. The van der Waals surface area contributed by atoms with Gasteiger partial charge in [0.1, 0.15) is 0 Å². The van der Waals surface area contributed by atoms with Gasteiger partial charge in [-0.3, -0.25) is 5.32 Å². The number of unbranched alkanes of at least 4 members (excludes halogenated alkanes) is 3. The summed E-state index contributed by atoms with van der Waals surface area (Å²) in [6.45, 7) is 5.39. The first-order valence-electron chi connectivity index (χ1n) is 5.25. The second-order valence-electron chi connectivity index (χ2n) is 3.59. The van der Waals surface area contributed by atoms with E-state index in [0.29, 0.717) is 0 Å². The number of hydrogen-bond acceptors (Lipinski definition) is 3. The second-order valence-corrected chi connectivity index (χ2v) is 3.59. The molecule has 1 unspecified atom stereocenters. The van der Waals surface area contributed by atoms with Crippen LogP contribution in [0, 0.1) is 0 Å². The van der Waals surface area contributed by atoms with Crippen LogP contribution in [-0.2, 0) is 0 Å². The smallest absolute Gasteiger partial charge is 0.152 e. The Morgan fingerprint density at radius 2 is 2.23 bits per heavy atom. The number of allylic oxidation sites excluding steroid dienone is 1. The van der Waals surface area contributed by atoms with Crippen molar-refractivity contribution in [2.45, 2.75) is 45.8 Å². The molecule has 76 valence electrons. The highest BCUT2D eigenvalue weighted by atomic mass is 15.3. The zero-order valence-corrected chi connectivity index (χ0v) is 8.69. The molecule has 0 spiro atoms. The lowest BCUT2D eigenvalue weighted by Gasteiger charge is -2.14. The van der Waals surface area contributed by atoms with Crippen LogP contribution in [0.4, 0.5) is 0 Å². The van der Waals surface area contributed by atoms with E-state index in [-0.39, 0.29) is 6.29 Å². The maximum Gasteiger partial charge on any atom is 0.152 e. The van der Waals surface area contributed by atoms with E-state index in [1.165, 1.54) is 31.4 Å². The number of hydrogen-bond donors (Lipinski definition) is 3. The van der Waals surface area contributed by atoms with Crippen molar-refractivity contribution in [2.75, 3.05) is 6.54 Å². The Labute approximate surface area is 81.0 Å². The predicted octanol–water partition coefficient (Wildman–Crippen LogP) is 1.49. The van der Waals surface area contributed by atoms with Gasteiger partial charge in [-0.2, -0.15) is 0 Å². The zero-order valence-electron chi connectivity index (χ0n) is 8.69. The highest BCUT2D eigenvalue weighted by molar-refractivity contribution is 5.02. The molecule has 0 aliphatic carbocycles. The molecule has 1 rings (SSSR count). The van der Waals surface area contributed by atoms with Crippen LogP contribution < -0.4 is 16.0 Å². The number of nitrogens with one attached hydrogen (secondary N) is 3. The quantitative estimate of drug-likeness (QED) is 0.546. The summed E-state index contributed by atoms with van der Waals surface area (Å²) >= 11 is 0. The summed E-state index contributed by atoms with van der Waals surface area (Å²) < 4.78 is 0. The van der Waals surface area contributed by atoms with Crippen LogP contribution >= 0.6 is 0 Å². The molecule has 0 bridgehead atoms. The minimum atomic E-state index is 0.252. The fourth-order valence-corrected chi connectivity index (χ4v) is 1.43.